The summed E-state index contributed by atoms with van der Waals surface area (Å²) in [6.07, 6.45) is 0.267. The Morgan fingerprint density at radius 1 is 1.38 bits per heavy atom. The minimum atomic E-state index is 0.267. The number of fused-ring (bicyclic) bond motifs is 1. The van der Waals surface area contributed by atoms with Crippen LogP contribution in [0.15, 0.2) is 18.2 Å². The Balaban J connectivity index is 2.74. The third-order valence-corrected chi connectivity index (χ3v) is 3.21. The quantitative estimate of drug-likeness (QED) is 0.720. The monoisotopic (exact) mass is 250 g/mol. The summed E-state index contributed by atoms with van der Waals surface area (Å²) in [5.41, 5.74) is 2.45. The van der Waals surface area contributed by atoms with Crippen molar-refractivity contribution < 1.29 is 0 Å². The van der Waals surface area contributed by atoms with Crippen molar-refractivity contribution in [1.29, 1.82) is 5.26 Å². The average Bonchev–Trinajstić information content (AvgIpc) is 2.26. The maximum atomic E-state index is 8.66. The summed E-state index contributed by atoms with van der Waals surface area (Å²) in [5.74, 6) is 0. The van der Waals surface area contributed by atoms with Gasteiger partial charge in [0, 0.05) is 16.0 Å². The van der Waals surface area contributed by atoms with Crippen LogP contribution in [0.1, 0.15) is 11.1 Å². The zero-order valence-electron chi connectivity index (χ0n) is 8.59. The van der Waals surface area contributed by atoms with Crippen LogP contribution in [-0.2, 0) is 6.42 Å². The van der Waals surface area contributed by atoms with Crippen molar-refractivity contribution >= 4 is 34.1 Å². The highest BCUT2D eigenvalue weighted by atomic mass is 35.5. The molecule has 4 heteroatoms. The Labute approximate surface area is 103 Å². The van der Waals surface area contributed by atoms with E-state index in [1.54, 1.807) is 0 Å². The van der Waals surface area contributed by atoms with Crippen LogP contribution in [0.4, 0.5) is 0 Å². The van der Waals surface area contributed by atoms with Crippen molar-refractivity contribution in [2.75, 3.05) is 0 Å². The molecular formula is C12H8Cl2N2. The van der Waals surface area contributed by atoms with Gasteiger partial charge in [0.2, 0.25) is 0 Å². The van der Waals surface area contributed by atoms with E-state index in [2.05, 4.69) is 11.1 Å². The Kier molecular flexibility index (Phi) is 3.00. The van der Waals surface area contributed by atoms with Gasteiger partial charge in [-0.05, 0) is 24.6 Å². The molecule has 0 bridgehead atoms. The summed E-state index contributed by atoms with van der Waals surface area (Å²) in [5, 5.41) is 10.7. The molecule has 0 aliphatic rings. The van der Waals surface area contributed by atoms with E-state index in [0.717, 1.165) is 22.0 Å². The zero-order valence-corrected chi connectivity index (χ0v) is 10.1. The number of nitrogens with zero attached hydrogens (tertiary/aromatic N) is 2. The standard InChI is InChI=1S/C12H8Cl2N2/c1-7-10(13)3-2-8-6-9(4-5-15)12(14)16-11(7)8/h2-3,6H,4H2,1H3. The first kappa shape index (κ1) is 11.2. The molecule has 0 unspecified atom stereocenters. The summed E-state index contributed by atoms with van der Waals surface area (Å²) < 4.78 is 0. The predicted molar refractivity (Wildman–Crippen MR) is 65.8 cm³/mol. The second-order valence-corrected chi connectivity index (χ2v) is 4.28. The number of nitriles is 1. The number of aromatic nitrogens is 1. The molecule has 0 saturated carbocycles. The molecule has 0 spiro atoms. The topological polar surface area (TPSA) is 36.7 Å². The van der Waals surface area contributed by atoms with Crippen molar-refractivity contribution in [3.63, 3.8) is 0 Å². The maximum absolute atomic E-state index is 8.66. The number of hydrogen-bond donors (Lipinski definition) is 0. The van der Waals surface area contributed by atoms with Crippen molar-refractivity contribution in [3.05, 3.63) is 39.5 Å². The molecule has 2 aromatic rings. The van der Waals surface area contributed by atoms with Crippen molar-refractivity contribution in [1.82, 2.24) is 4.98 Å². The summed E-state index contributed by atoms with van der Waals surface area (Å²) in [6, 6.07) is 7.66. The van der Waals surface area contributed by atoms with Gasteiger partial charge in [-0.2, -0.15) is 5.26 Å². The number of hydrogen-bond acceptors (Lipinski definition) is 2. The van der Waals surface area contributed by atoms with Crippen molar-refractivity contribution in [2.24, 2.45) is 0 Å². The fourth-order valence-corrected chi connectivity index (χ4v) is 1.95. The van der Waals surface area contributed by atoms with E-state index in [4.69, 9.17) is 28.5 Å². The fourth-order valence-electron chi connectivity index (χ4n) is 1.59. The lowest BCUT2D eigenvalue weighted by Crippen LogP contribution is -1.91. The van der Waals surface area contributed by atoms with E-state index in [-0.39, 0.29) is 6.42 Å². The van der Waals surface area contributed by atoms with Gasteiger partial charge < -0.3 is 0 Å². The fraction of sp³-hybridized carbons (Fsp3) is 0.167. The van der Waals surface area contributed by atoms with E-state index in [9.17, 15) is 0 Å². The molecule has 0 radical (unpaired) electrons. The van der Waals surface area contributed by atoms with Crippen LogP contribution in [0.3, 0.4) is 0 Å². The SMILES string of the molecule is Cc1c(Cl)ccc2cc(CC#N)c(Cl)nc12. The normalized spacial score (nSPS) is 10.4. The lowest BCUT2D eigenvalue weighted by molar-refractivity contribution is 1.22. The number of halogens is 2. The highest BCUT2D eigenvalue weighted by Gasteiger charge is 2.08. The smallest absolute Gasteiger partial charge is 0.134 e. The summed E-state index contributed by atoms with van der Waals surface area (Å²) in [7, 11) is 0. The molecule has 16 heavy (non-hydrogen) atoms. The van der Waals surface area contributed by atoms with Gasteiger partial charge in [0.15, 0.2) is 0 Å². The Bertz CT molecular complexity index is 600. The Morgan fingerprint density at radius 3 is 2.81 bits per heavy atom. The van der Waals surface area contributed by atoms with Gasteiger partial charge in [-0.15, -0.1) is 0 Å². The Morgan fingerprint density at radius 2 is 2.12 bits per heavy atom. The molecule has 0 saturated heterocycles. The van der Waals surface area contributed by atoms with Gasteiger partial charge in [0.1, 0.15) is 5.15 Å². The van der Waals surface area contributed by atoms with Crippen LogP contribution in [0.2, 0.25) is 10.2 Å². The number of aryl methyl sites for hydroxylation is 1. The second kappa shape index (κ2) is 4.29. The van der Waals surface area contributed by atoms with Gasteiger partial charge in [-0.3, -0.25) is 0 Å². The van der Waals surface area contributed by atoms with Crippen LogP contribution in [0, 0.1) is 18.3 Å². The number of pyridine rings is 1. The van der Waals surface area contributed by atoms with Gasteiger partial charge >= 0.3 is 0 Å². The largest absolute Gasteiger partial charge is 0.235 e. The molecule has 0 atom stereocenters. The maximum Gasteiger partial charge on any atom is 0.134 e. The third-order valence-electron chi connectivity index (χ3n) is 2.47. The zero-order chi connectivity index (χ0) is 11.7. The highest BCUT2D eigenvalue weighted by Crippen LogP contribution is 2.27. The first-order valence-electron chi connectivity index (χ1n) is 4.74. The lowest BCUT2D eigenvalue weighted by atomic mass is 10.1. The minimum absolute atomic E-state index is 0.267. The molecule has 0 aliphatic heterocycles. The molecule has 0 amide bonds. The van der Waals surface area contributed by atoms with E-state index in [1.165, 1.54) is 0 Å². The average molecular weight is 251 g/mol. The lowest BCUT2D eigenvalue weighted by Gasteiger charge is -2.06. The molecule has 1 heterocycles. The third kappa shape index (κ3) is 1.84. The van der Waals surface area contributed by atoms with Crippen molar-refractivity contribution in [2.45, 2.75) is 13.3 Å². The second-order valence-electron chi connectivity index (χ2n) is 3.52. The van der Waals surface area contributed by atoms with Crippen LogP contribution in [0.25, 0.3) is 10.9 Å². The minimum Gasteiger partial charge on any atom is -0.235 e. The predicted octanol–water partition coefficient (Wildman–Crippen LogP) is 3.92. The molecule has 2 rings (SSSR count). The van der Waals surface area contributed by atoms with Crippen molar-refractivity contribution in [3.8, 4) is 6.07 Å². The molecule has 1 aromatic carbocycles. The first-order chi connectivity index (χ1) is 7.63. The van der Waals surface area contributed by atoms with E-state index in [1.807, 2.05) is 25.1 Å². The van der Waals surface area contributed by atoms with Gasteiger partial charge in [0.05, 0.1) is 18.0 Å². The molecule has 80 valence electrons. The first-order valence-corrected chi connectivity index (χ1v) is 5.50. The molecule has 2 nitrogen and oxygen atoms in total. The van der Waals surface area contributed by atoms with Crippen LogP contribution < -0.4 is 0 Å². The van der Waals surface area contributed by atoms with E-state index < -0.39 is 0 Å². The van der Waals surface area contributed by atoms with E-state index >= 15 is 0 Å². The van der Waals surface area contributed by atoms with E-state index in [0.29, 0.717) is 10.2 Å². The van der Waals surface area contributed by atoms with Gasteiger partial charge in [0.25, 0.3) is 0 Å². The number of benzene rings is 1. The van der Waals surface area contributed by atoms with Crippen LogP contribution in [-0.4, -0.2) is 4.98 Å². The summed E-state index contributed by atoms with van der Waals surface area (Å²) in [4.78, 5) is 4.28. The van der Waals surface area contributed by atoms with Gasteiger partial charge in [-0.25, -0.2) is 4.98 Å². The molecular weight excluding hydrogens is 243 g/mol. The van der Waals surface area contributed by atoms with Crippen LogP contribution in [0.5, 0.6) is 0 Å². The Hall–Kier alpha value is -1.30. The molecule has 1 aromatic heterocycles. The number of rotatable bonds is 1. The highest BCUT2D eigenvalue weighted by molar-refractivity contribution is 6.32. The molecule has 0 fully saturated rings. The summed E-state index contributed by atoms with van der Waals surface area (Å²) >= 11 is 12.0. The van der Waals surface area contributed by atoms with Gasteiger partial charge in [-0.1, -0.05) is 29.3 Å². The molecule has 0 aliphatic carbocycles. The molecule has 0 N–H and O–H groups in total. The van der Waals surface area contributed by atoms with Crippen LogP contribution >= 0.6 is 23.2 Å². The summed E-state index contributed by atoms with van der Waals surface area (Å²) in [6.45, 7) is 1.90.